The monoisotopic (exact) mass is 336 g/mol. The summed E-state index contributed by atoms with van der Waals surface area (Å²) >= 11 is 0. The van der Waals surface area contributed by atoms with Gasteiger partial charge in [-0.15, -0.1) is 0 Å². The quantitative estimate of drug-likeness (QED) is 0.936. The number of hydrogen-bond acceptors (Lipinski definition) is 4. The number of pyridine rings is 2. The molecule has 1 fully saturated rings. The lowest BCUT2D eigenvalue weighted by Crippen LogP contribution is -2.38. The molecule has 0 aliphatic carbocycles. The molecule has 0 bridgehead atoms. The van der Waals surface area contributed by atoms with Gasteiger partial charge in [-0.2, -0.15) is 13.2 Å². The lowest BCUT2D eigenvalue weighted by molar-refractivity contribution is -0.141. The van der Waals surface area contributed by atoms with Crippen LogP contribution in [-0.4, -0.2) is 35.0 Å². The Balaban J connectivity index is 1.69. The molecule has 3 rings (SSSR count). The molecule has 0 spiro atoms. The first kappa shape index (κ1) is 16.2. The Kier molecular flexibility index (Phi) is 4.37. The second-order valence-corrected chi connectivity index (χ2v) is 5.49. The third kappa shape index (κ3) is 3.47. The molecule has 0 unspecified atom stereocenters. The smallest absolute Gasteiger partial charge is 0.354 e. The molecule has 0 radical (unpaired) electrons. The van der Waals surface area contributed by atoms with Gasteiger partial charge in [-0.05, 0) is 30.7 Å². The summed E-state index contributed by atoms with van der Waals surface area (Å²) in [5, 5.41) is 2.66. The van der Waals surface area contributed by atoms with Gasteiger partial charge in [-0.3, -0.25) is 9.78 Å². The van der Waals surface area contributed by atoms with Crippen molar-refractivity contribution in [3.8, 4) is 0 Å². The second-order valence-electron chi connectivity index (χ2n) is 5.49. The largest absolute Gasteiger partial charge is 0.434 e. The van der Waals surface area contributed by atoms with Crippen LogP contribution in [0.25, 0.3) is 0 Å². The van der Waals surface area contributed by atoms with Gasteiger partial charge < -0.3 is 10.2 Å². The average molecular weight is 336 g/mol. The summed E-state index contributed by atoms with van der Waals surface area (Å²) in [5.74, 6) is 0.0231. The van der Waals surface area contributed by atoms with Gasteiger partial charge in [-0.25, -0.2) is 4.98 Å². The fraction of sp³-hybridized carbons (Fsp3) is 0.312. The van der Waals surface area contributed by atoms with Gasteiger partial charge in [0.05, 0.1) is 5.56 Å². The zero-order chi connectivity index (χ0) is 17.2. The number of halogens is 3. The molecule has 8 heteroatoms. The van der Waals surface area contributed by atoms with E-state index >= 15 is 0 Å². The van der Waals surface area contributed by atoms with Gasteiger partial charge in [0.2, 0.25) is 0 Å². The Morgan fingerprint density at radius 1 is 1.17 bits per heavy atom. The Hall–Kier alpha value is -2.64. The molecule has 24 heavy (non-hydrogen) atoms. The fourth-order valence-corrected chi connectivity index (χ4v) is 2.70. The summed E-state index contributed by atoms with van der Waals surface area (Å²) in [7, 11) is 0. The molecule has 0 aromatic carbocycles. The number of anilines is 1. The Morgan fingerprint density at radius 3 is 2.67 bits per heavy atom. The van der Waals surface area contributed by atoms with Crippen LogP contribution in [0.3, 0.4) is 0 Å². The molecule has 2 aromatic heterocycles. The van der Waals surface area contributed by atoms with Crippen molar-refractivity contribution in [1.29, 1.82) is 0 Å². The molecule has 1 aliphatic heterocycles. The van der Waals surface area contributed by atoms with Gasteiger partial charge in [-0.1, -0.05) is 6.07 Å². The average Bonchev–Trinajstić information content (AvgIpc) is 3.03. The van der Waals surface area contributed by atoms with Crippen LogP contribution in [0, 0.1) is 0 Å². The zero-order valence-electron chi connectivity index (χ0n) is 12.6. The number of amides is 1. The number of aromatic nitrogens is 2. The third-order valence-corrected chi connectivity index (χ3v) is 3.82. The van der Waals surface area contributed by atoms with E-state index in [-0.39, 0.29) is 6.04 Å². The number of carbonyl (C=O) groups excluding carboxylic acids is 1. The van der Waals surface area contributed by atoms with E-state index in [2.05, 4.69) is 15.3 Å². The minimum Gasteiger partial charge on any atom is -0.354 e. The number of rotatable bonds is 3. The molecule has 1 atom stereocenters. The van der Waals surface area contributed by atoms with Crippen molar-refractivity contribution in [2.75, 3.05) is 18.0 Å². The van der Waals surface area contributed by atoms with Crippen molar-refractivity contribution in [1.82, 2.24) is 15.3 Å². The lowest BCUT2D eigenvalue weighted by Gasteiger charge is -2.18. The molecule has 1 aliphatic rings. The zero-order valence-corrected chi connectivity index (χ0v) is 12.6. The van der Waals surface area contributed by atoms with E-state index in [0.29, 0.717) is 19.5 Å². The predicted octanol–water partition coefficient (Wildman–Crippen LogP) is 2.50. The number of carbonyl (C=O) groups is 1. The van der Waals surface area contributed by atoms with Crippen LogP contribution in [-0.2, 0) is 6.18 Å². The van der Waals surface area contributed by atoms with E-state index < -0.39 is 23.3 Å². The Morgan fingerprint density at radius 2 is 1.96 bits per heavy atom. The minimum atomic E-state index is -4.66. The standard InChI is InChI=1S/C16H15F3N4O/c17-16(18,19)14-12(4-3-8-21-14)15(24)22-11-6-9-23(10-11)13-5-1-2-7-20-13/h1-5,7-8,11H,6,9-10H2,(H,22,24)/t11-/m0/s1. The molecular weight excluding hydrogens is 321 g/mol. The number of nitrogens with one attached hydrogen (secondary N) is 1. The normalized spacial score (nSPS) is 17.8. The van der Waals surface area contributed by atoms with Crippen molar-refractivity contribution in [3.05, 3.63) is 54.0 Å². The highest BCUT2D eigenvalue weighted by molar-refractivity contribution is 5.95. The van der Waals surface area contributed by atoms with Crippen molar-refractivity contribution in [2.45, 2.75) is 18.6 Å². The lowest BCUT2D eigenvalue weighted by atomic mass is 10.1. The summed E-state index contributed by atoms with van der Waals surface area (Å²) < 4.78 is 38.8. The maximum absolute atomic E-state index is 12.9. The van der Waals surface area contributed by atoms with Crippen LogP contribution in [0.5, 0.6) is 0 Å². The van der Waals surface area contributed by atoms with Crippen LogP contribution in [0.4, 0.5) is 19.0 Å². The van der Waals surface area contributed by atoms with Crippen LogP contribution in [0.1, 0.15) is 22.5 Å². The first-order valence-electron chi connectivity index (χ1n) is 7.44. The number of alkyl halides is 3. The van der Waals surface area contributed by atoms with E-state index in [0.717, 1.165) is 18.1 Å². The first-order chi connectivity index (χ1) is 11.4. The van der Waals surface area contributed by atoms with E-state index in [4.69, 9.17) is 0 Å². The molecule has 2 aromatic rings. The van der Waals surface area contributed by atoms with E-state index in [1.54, 1.807) is 12.3 Å². The highest BCUT2D eigenvalue weighted by Gasteiger charge is 2.37. The van der Waals surface area contributed by atoms with Crippen LogP contribution in [0.2, 0.25) is 0 Å². The third-order valence-electron chi connectivity index (χ3n) is 3.82. The maximum Gasteiger partial charge on any atom is 0.434 e. The Labute approximate surface area is 136 Å². The molecule has 3 heterocycles. The molecule has 5 nitrogen and oxygen atoms in total. The van der Waals surface area contributed by atoms with Gasteiger partial charge in [0, 0.05) is 31.5 Å². The number of hydrogen-bond donors (Lipinski definition) is 1. The highest BCUT2D eigenvalue weighted by Crippen LogP contribution is 2.30. The minimum absolute atomic E-state index is 0.235. The molecule has 1 N–H and O–H groups in total. The van der Waals surface area contributed by atoms with Crippen molar-refractivity contribution in [3.63, 3.8) is 0 Å². The highest BCUT2D eigenvalue weighted by atomic mass is 19.4. The predicted molar refractivity (Wildman–Crippen MR) is 81.6 cm³/mol. The van der Waals surface area contributed by atoms with Crippen LogP contribution in [0.15, 0.2) is 42.7 Å². The van der Waals surface area contributed by atoms with Crippen molar-refractivity contribution < 1.29 is 18.0 Å². The van der Waals surface area contributed by atoms with Gasteiger partial charge in [0.25, 0.3) is 5.91 Å². The second kappa shape index (κ2) is 6.46. The van der Waals surface area contributed by atoms with E-state index in [1.165, 1.54) is 6.07 Å². The SMILES string of the molecule is O=C(N[C@H]1CCN(c2ccccn2)C1)c1cccnc1C(F)(F)F. The Bertz CT molecular complexity index is 721. The van der Waals surface area contributed by atoms with E-state index in [9.17, 15) is 18.0 Å². The molecule has 126 valence electrons. The number of nitrogens with zero attached hydrogens (tertiary/aromatic N) is 3. The molecule has 0 saturated carbocycles. The van der Waals surface area contributed by atoms with Gasteiger partial charge >= 0.3 is 6.18 Å². The van der Waals surface area contributed by atoms with E-state index in [1.807, 2.05) is 17.0 Å². The van der Waals surface area contributed by atoms with Crippen LogP contribution >= 0.6 is 0 Å². The maximum atomic E-state index is 12.9. The molecule has 1 amide bonds. The topological polar surface area (TPSA) is 58.1 Å². The van der Waals surface area contributed by atoms with Crippen molar-refractivity contribution in [2.24, 2.45) is 0 Å². The van der Waals surface area contributed by atoms with Gasteiger partial charge in [0.15, 0.2) is 5.69 Å². The summed E-state index contributed by atoms with van der Waals surface area (Å²) in [4.78, 5) is 21.7. The summed E-state index contributed by atoms with van der Waals surface area (Å²) in [6, 6.07) is 7.74. The fourth-order valence-electron chi connectivity index (χ4n) is 2.70. The van der Waals surface area contributed by atoms with Crippen molar-refractivity contribution >= 4 is 11.7 Å². The summed E-state index contributed by atoms with van der Waals surface area (Å²) in [5.41, 5.74) is -1.62. The summed E-state index contributed by atoms with van der Waals surface area (Å²) in [6.07, 6.45) is -1.32. The molecular formula is C16H15F3N4O. The van der Waals surface area contributed by atoms with Crippen LogP contribution < -0.4 is 10.2 Å². The molecule has 1 saturated heterocycles. The summed E-state index contributed by atoms with van der Waals surface area (Å²) in [6.45, 7) is 1.19. The van der Waals surface area contributed by atoms with Gasteiger partial charge in [0.1, 0.15) is 5.82 Å². The first-order valence-corrected chi connectivity index (χ1v) is 7.44.